The number of amides is 2. The van der Waals surface area contributed by atoms with Gasteiger partial charge in [-0.1, -0.05) is 51.1 Å². The maximum atomic E-state index is 14.8. The van der Waals surface area contributed by atoms with Crippen molar-refractivity contribution < 1.29 is 28.3 Å². The maximum absolute atomic E-state index is 14.8. The fraction of sp³-hybridized carbons (Fsp3) is 0.387. The van der Waals surface area contributed by atoms with Crippen molar-refractivity contribution in [1.82, 2.24) is 20.5 Å². The predicted molar refractivity (Wildman–Crippen MR) is 156 cm³/mol. The molecule has 2 amide bonds. The zero-order valence-corrected chi connectivity index (χ0v) is 24.3. The molecule has 1 heterocycles. The Hall–Kier alpha value is -4.09. The summed E-state index contributed by atoms with van der Waals surface area (Å²) < 4.78 is 30.9. The van der Waals surface area contributed by atoms with E-state index in [0.717, 1.165) is 23.4 Å². The Morgan fingerprint density at radius 2 is 1.71 bits per heavy atom. The van der Waals surface area contributed by atoms with Crippen LogP contribution < -0.4 is 21.7 Å². The second-order valence-electron chi connectivity index (χ2n) is 11.3. The Labute approximate surface area is 244 Å². The summed E-state index contributed by atoms with van der Waals surface area (Å²) in [4.78, 5) is 35.6. The number of halogens is 2. The van der Waals surface area contributed by atoms with Crippen molar-refractivity contribution in [3.63, 3.8) is 0 Å². The summed E-state index contributed by atoms with van der Waals surface area (Å²) in [5.74, 6) is -3.61. The highest BCUT2D eigenvalue weighted by molar-refractivity contribution is 5.85. The van der Waals surface area contributed by atoms with Crippen molar-refractivity contribution in [2.24, 2.45) is 11.1 Å². The van der Waals surface area contributed by atoms with Gasteiger partial charge in [-0.25, -0.2) is 8.78 Å². The summed E-state index contributed by atoms with van der Waals surface area (Å²) in [5.41, 5.74) is 7.35. The average molecular weight is 584 g/mol. The number of primary amides is 1. The lowest BCUT2D eigenvalue weighted by Gasteiger charge is -2.33. The summed E-state index contributed by atoms with van der Waals surface area (Å²) in [6.07, 6.45) is 1.53. The van der Waals surface area contributed by atoms with Crippen LogP contribution in [0.4, 0.5) is 8.78 Å². The van der Waals surface area contributed by atoms with Crippen LogP contribution in [0.3, 0.4) is 0 Å². The number of aromatic nitrogens is 1. The molecule has 0 aliphatic heterocycles. The molecule has 0 saturated carbocycles. The Balaban J connectivity index is 1.94. The molecule has 3 atom stereocenters. The summed E-state index contributed by atoms with van der Waals surface area (Å²) in [6, 6.07) is 12.4. The third-order valence-corrected chi connectivity index (χ3v) is 6.98. The van der Waals surface area contributed by atoms with Crippen molar-refractivity contribution in [1.29, 1.82) is 0 Å². The first-order valence-electron chi connectivity index (χ1n) is 13.7. The van der Waals surface area contributed by atoms with Gasteiger partial charge in [0.25, 0.3) is 0 Å². The van der Waals surface area contributed by atoms with Gasteiger partial charge in [0.2, 0.25) is 11.8 Å². The third-order valence-electron chi connectivity index (χ3n) is 6.98. The minimum absolute atomic E-state index is 0.147. The standard InChI is InChI=1S/C31H39F2N5O4/c1-31(2,3)28(36-13-12-24(29(40)35-4)37-25(30(41)42)16-27(34)39)26-14-20(22-15-21(32)10-11-23(22)33)18-38(26)17-19-8-6-5-7-9-19/h5-11,14-15,18,24-25,28,36-37H,12-13,16-17H2,1-4H3,(H2,34,39)(H,35,40)(H,41,42)/t24-,25-,28-/m0/s1. The van der Waals surface area contributed by atoms with E-state index in [-0.39, 0.29) is 30.0 Å². The summed E-state index contributed by atoms with van der Waals surface area (Å²) in [7, 11) is 1.44. The smallest absolute Gasteiger partial charge is 0.321 e. The van der Waals surface area contributed by atoms with Crippen LogP contribution in [-0.4, -0.2) is 53.1 Å². The molecule has 11 heteroatoms. The molecule has 0 bridgehead atoms. The quantitative estimate of drug-likeness (QED) is 0.197. The molecular weight excluding hydrogens is 544 g/mol. The number of nitrogens with zero attached hydrogens (tertiary/aromatic N) is 1. The molecule has 1 aromatic heterocycles. The molecule has 3 aromatic rings. The number of likely N-dealkylation sites (N-methyl/N-ethyl adjacent to an activating group) is 1. The molecule has 0 aliphatic carbocycles. The number of nitrogens with one attached hydrogen (secondary N) is 3. The van der Waals surface area contributed by atoms with E-state index in [1.165, 1.54) is 13.1 Å². The van der Waals surface area contributed by atoms with Crippen molar-refractivity contribution in [2.75, 3.05) is 13.6 Å². The van der Waals surface area contributed by atoms with E-state index in [1.54, 1.807) is 6.20 Å². The van der Waals surface area contributed by atoms with Gasteiger partial charge in [-0.2, -0.15) is 0 Å². The average Bonchev–Trinajstić information content (AvgIpc) is 3.32. The first-order valence-corrected chi connectivity index (χ1v) is 13.7. The fourth-order valence-corrected chi connectivity index (χ4v) is 4.91. The van der Waals surface area contributed by atoms with Gasteiger partial charge in [0.15, 0.2) is 0 Å². The largest absolute Gasteiger partial charge is 0.480 e. The van der Waals surface area contributed by atoms with Crippen LogP contribution in [0.15, 0.2) is 60.8 Å². The lowest BCUT2D eigenvalue weighted by atomic mass is 9.84. The molecule has 6 N–H and O–H groups in total. The molecule has 0 saturated heterocycles. The predicted octanol–water partition coefficient (Wildman–Crippen LogP) is 3.58. The fourth-order valence-electron chi connectivity index (χ4n) is 4.91. The first-order chi connectivity index (χ1) is 19.8. The minimum atomic E-state index is -1.32. The Morgan fingerprint density at radius 3 is 2.31 bits per heavy atom. The molecule has 0 aliphatic rings. The number of rotatable bonds is 14. The van der Waals surface area contributed by atoms with Gasteiger partial charge >= 0.3 is 5.97 Å². The van der Waals surface area contributed by atoms with Crippen LogP contribution in [0.2, 0.25) is 0 Å². The zero-order valence-electron chi connectivity index (χ0n) is 24.3. The molecule has 3 rings (SSSR count). The Kier molecular flexibility index (Phi) is 11.0. The van der Waals surface area contributed by atoms with E-state index in [4.69, 9.17) is 5.73 Å². The monoisotopic (exact) mass is 583 g/mol. The van der Waals surface area contributed by atoms with E-state index < -0.39 is 47.9 Å². The van der Waals surface area contributed by atoms with Crippen LogP contribution >= 0.6 is 0 Å². The number of hydrogen-bond donors (Lipinski definition) is 5. The van der Waals surface area contributed by atoms with Gasteiger partial charge in [-0.15, -0.1) is 0 Å². The van der Waals surface area contributed by atoms with Crippen molar-refractivity contribution in [2.45, 2.75) is 58.3 Å². The lowest BCUT2D eigenvalue weighted by Crippen LogP contribution is -2.52. The lowest BCUT2D eigenvalue weighted by molar-refractivity contribution is -0.141. The zero-order chi connectivity index (χ0) is 31.0. The highest BCUT2D eigenvalue weighted by atomic mass is 19.1. The molecular formula is C31H39F2N5O4. The molecule has 9 nitrogen and oxygen atoms in total. The summed E-state index contributed by atoms with van der Waals surface area (Å²) in [5, 5.41) is 18.3. The van der Waals surface area contributed by atoms with Crippen molar-refractivity contribution in [3.05, 3.63) is 83.7 Å². The van der Waals surface area contributed by atoms with Gasteiger partial charge in [0.05, 0.1) is 18.5 Å². The molecule has 0 spiro atoms. The number of carbonyl (C=O) groups excluding carboxylic acids is 2. The molecule has 0 radical (unpaired) electrons. The molecule has 226 valence electrons. The van der Waals surface area contributed by atoms with E-state index in [1.807, 2.05) is 61.7 Å². The van der Waals surface area contributed by atoms with Crippen molar-refractivity contribution in [3.8, 4) is 11.1 Å². The molecule has 42 heavy (non-hydrogen) atoms. The van der Waals surface area contributed by atoms with E-state index in [9.17, 15) is 28.3 Å². The topological polar surface area (TPSA) is 138 Å². The van der Waals surface area contributed by atoms with Gasteiger partial charge in [-0.3, -0.25) is 19.7 Å². The minimum Gasteiger partial charge on any atom is -0.480 e. The molecule has 0 fully saturated rings. The number of hydrogen-bond acceptors (Lipinski definition) is 5. The second kappa shape index (κ2) is 14.2. The highest BCUT2D eigenvalue weighted by Gasteiger charge is 2.31. The van der Waals surface area contributed by atoms with Crippen LogP contribution in [0, 0.1) is 17.0 Å². The van der Waals surface area contributed by atoms with Gasteiger partial charge in [-0.05, 0) is 48.2 Å². The van der Waals surface area contributed by atoms with Gasteiger partial charge in [0, 0.05) is 36.6 Å². The van der Waals surface area contributed by atoms with Gasteiger partial charge in [0.1, 0.15) is 17.7 Å². The van der Waals surface area contributed by atoms with Crippen molar-refractivity contribution >= 4 is 17.8 Å². The van der Waals surface area contributed by atoms with Crippen LogP contribution in [0.5, 0.6) is 0 Å². The van der Waals surface area contributed by atoms with Crippen LogP contribution in [-0.2, 0) is 20.9 Å². The summed E-state index contributed by atoms with van der Waals surface area (Å²) >= 11 is 0. The van der Waals surface area contributed by atoms with Crippen LogP contribution in [0.1, 0.15) is 50.9 Å². The van der Waals surface area contributed by atoms with Crippen LogP contribution in [0.25, 0.3) is 11.1 Å². The number of carboxylic acid groups (broad SMARTS) is 1. The van der Waals surface area contributed by atoms with Gasteiger partial charge < -0.3 is 26.0 Å². The molecule has 0 unspecified atom stereocenters. The highest BCUT2D eigenvalue weighted by Crippen LogP contribution is 2.37. The number of carboxylic acids is 1. The first kappa shape index (κ1) is 32.4. The third kappa shape index (κ3) is 8.70. The number of carbonyl (C=O) groups is 3. The second-order valence-corrected chi connectivity index (χ2v) is 11.3. The normalized spacial score (nSPS) is 13.8. The Morgan fingerprint density at radius 1 is 1.02 bits per heavy atom. The van der Waals surface area contributed by atoms with E-state index in [2.05, 4.69) is 16.0 Å². The van der Waals surface area contributed by atoms with E-state index in [0.29, 0.717) is 12.1 Å². The number of benzene rings is 2. The number of aliphatic carboxylic acids is 1. The maximum Gasteiger partial charge on any atom is 0.321 e. The summed E-state index contributed by atoms with van der Waals surface area (Å²) in [6.45, 7) is 6.88. The SMILES string of the molecule is CNC(=O)[C@H](CCN[C@@H](c1cc(-c2cc(F)ccc2F)cn1Cc1ccccc1)C(C)(C)C)N[C@@H](CC(N)=O)C(=O)O. The van der Waals surface area contributed by atoms with E-state index >= 15 is 0 Å². The molecule has 2 aromatic carbocycles. The Bertz CT molecular complexity index is 1390. The number of nitrogens with two attached hydrogens (primary N) is 1.